The summed E-state index contributed by atoms with van der Waals surface area (Å²) in [5.41, 5.74) is 1.22. The van der Waals surface area contributed by atoms with Crippen molar-refractivity contribution < 1.29 is 4.79 Å². The molecule has 1 aliphatic carbocycles. The molecule has 0 spiro atoms. The lowest BCUT2D eigenvalue weighted by molar-refractivity contribution is -0.117. The van der Waals surface area contributed by atoms with Gasteiger partial charge >= 0.3 is 0 Å². The van der Waals surface area contributed by atoms with Crippen LogP contribution in [-0.2, 0) is 4.79 Å². The van der Waals surface area contributed by atoms with Gasteiger partial charge in [0, 0.05) is 12.1 Å². The summed E-state index contributed by atoms with van der Waals surface area (Å²) in [6.45, 7) is 4.04. The zero-order valence-electron chi connectivity index (χ0n) is 12.9. The van der Waals surface area contributed by atoms with Crippen molar-refractivity contribution in [3.8, 4) is 0 Å². The summed E-state index contributed by atoms with van der Waals surface area (Å²) in [6, 6.07) is 6.03. The van der Waals surface area contributed by atoms with E-state index in [2.05, 4.69) is 11.4 Å². The van der Waals surface area contributed by atoms with Gasteiger partial charge in [-0.05, 0) is 49.3 Å². The van der Waals surface area contributed by atoms with Crippen LogP contribution in [-0.4, -0.2) is 11.9 Å². The first-order valence-electron chi connectivity index (χ1n) is 7.61. The molecule has 1 saturated carbocycles. The lowest BCUT2D eigenvalue weighted by Gasteiger charge is -2.07. The molecule has 1 aromatic rings. The number of halogens is 2. The summed E-state index contributed by atoms with van der Waals surface area (Å²) >= 11 is 12.0. The summed E-state index contributed by atoms with van der Waals surface area (Å²) in [7, 11) is 0. The Bertz CT molecular complexity index is 595. The minimum Gasteiger partial charge on any atom is -0.350 e. The molecule has 0 heterocycles. The lowest BCUT2D eigenvalue weighted by Crippen LogP contribution is -2.30. The second-order valence-corrected chi connectivity index (χ2v) is 6.56. The number of carbonyl (C=O) groups is 1. The van der Waals surface area contributed by atoms with E-state index in [1.165, 1.54) is 5.56 Å². The van der Waals surface area contributed by atoms with E-state index in [1.807, 2.05) is 38.1 Å². The van der Waals surface area contributed by atoms with Crippen molar-refractivity contribution >= 4 is 29.1 Å². The van der Waals surface area contributed by atoms with Crippen molar-refractivity contribution in [2.24, 2.45) is 5.92 Å². The van der Waals surface area contributed by atoms with Gasteiger partial charge < -0.3 is 5.32 Å². The van der Waals surface area contributed by atoms with Gasteiger partial charge in [0.15, 0.2) is 0 Å². The van der Waals surface area contributed by atoms with Crippen LogP contribution in [0.15, 0.2) is 42.5 Å². The molecule has 0 radical (unpaired) electrons. The first-order chi connectivity index (χ1) is 10.5. The van der Waals surface area contributed by atoms with Crippen LogP contribution in [0.2, 0.25) is 10.0 Å². The van der Waals surface area contributed by atoms with Crippen molar-refractivity contribution in [2.45, 2.75) is 38.6 Å². The Morgan fingerprint density at radius 3 is 2.82 bits per heavy atom. The van der Waals surface area contributed by atoms with Crippen LogP contribution in [0.4, 0.5) is 0 Å². The number of hydrogen-bond acceptors (Lipinski definition) is 1. The fourth-order valence-corrected chi connectivity index (χ4v) is 2.60. The molecule has 2 nitrogen and oxygen atoms in total. The molecule has 3 unspecified atom stereocenters. The lowest BCUT2D eigenvalue weighted by atomic mass is 10.1. The van der Waals surface area contributed by atoms with Crippen LogP contribution in [0.1, 0.15) is 38.2 Å². The fourth-order valence-electron chi connectivity index (χ4n) is 2.30. The molecule has 2 rings (SSSR count). The maximum atomic E-state index is 11.6. The highest BCUT2D eigenvalue weighted by Gasteiger charge is 2.36. The van der Waals surface area contributed by atoms with Gasteiger partial charge in [-0.1, -0.05) is 54.4 Å². The van der Waals surface area contributed by atoms with Gasteiger partial charge in [0.2, 0.25) is 5.91 Å². The van der Waals surface area contributed by atoms with Crippen molar-refractivity contribution in [1.29, 1.82) is 0 Å². The largest absolute Gasteiger partial charge is 0.350 e. The minimum absolute atomic E-state index is 0.0455. The van der Waals surface area contributed by atoms with Crippen molar-refractivity contribution in [3.63, 3.8) is 0 Å². The molecular formula is C18H21Cl2NO. The number of allylic oxidation sites excluding steroid dienone is 3. The summed E-state index contributed by atoms with van der Waals surface area (Å²) in [4.78, 5) is 11.6. The van der Waals surface area contributed by atoms with Crippen molar-refractivity contribution in [2.75, 3.05) is 0 Å². The van der Waals surface area contributed by atoms with Gasteiger partial charge in [0.25, 0.3) is 0 Å². The standard InChI is InChI=1S/C18H21Cl2NO/c1-3-12(2)21-18(22)7-5-4-6-13-10-15(13)14-8-9-16(19)17(20)11-14/h4-9,11-13,15H,3,10H2,1-2H3,(H,21,22). The molecule has 4 heteroatoms. The Morgan fingerprint density at radius 2 is 2.14 bits per heavy atom. The van der Waals surface area contributed by atoms with Crippen LogP contribution in [0, 0.1) is 5.92 Å². The van der Waals surface area contributed by atoms with Crippen LogP contribution < -0.4 is 5.32 Å². The first-order valence-corrected chi connectivity index (χ1v) is 8.37. The van der Waals surface area contributed by atoms with Gasteiger partial charge in [-0.25, -0.2) is 0 Å². The number of rotatable bonds is 6. The molecule has 3 atom stereocenters. The Hall–Kier alpha value is -1.25. The molecule has 0 saturated heterocycles. The number of nitrogens with one attached hydrogen (secondary N) is 1. The number of carbonyl (C=O) groups excluding carboxylic acids is 1. The SMILES string of the molecule is CCC(C)NC(=O)C=CC=CC1CC1c1ccc(Cl)c(Cl)c1. The van der Waals surface area contributed by atoms with E-state index in [1.54, 1.807) is 12.2 Å². The number of hydrogen-bond donors (Lipinski definition) is 1. The predicted molar refractivity (Wildman–Crippen MR) is 93.5 cm³/mol. The second kappa shape index (κ2) is 7.85. The number of amides is 1. The Labute approximate surface area is 142 Å². The monoisotopic (exact) mass is 337 g/mol. The fraction of sp³-hybridized carbons (Fsp3) is 0.389. The molecule has 0 aliphatic heterocycles. The molecule has 0 aromatic heterocycles. The van der Waals surface area contributed by atoms with E-state index in [-0.39, 0.29) is 11.9 Å². The van der Waals surface area contributed by atoms with Crippen LogP contribution in [0.5, 0.6) is 0 Å². The third kappa shape index (κ3) is 4.89. The van der Waals surface area contributed by atoms with Crippen LogP contribution >= 0.6 is 23.2 Å². The van der Waals surface area contributed by atoms with Gasteiger partial charge in [-0.15, -0.1) is 0 Å². The molecule has 1 N–H and O–H groups in total. The normalized spacial score (nSPS) is 22.2. The average molecular weight is 338 g/mol. The van der Waals surface area contributed by atoms with E-state index in [0.717, 1.165) is 12.8 Å². The second-order valence-electron chi connectivity index (χ2n) is 5.74. The molecule has 118 valence electrons. The molecule has 1 aliphatic rings. The van der Waals surface area contributed by atoms with Gasteiger partial charge in [0.1, 0.15) is 0 Å². The van der Waals surface area contributed by atoms with Gasteiger partial charge in [0.05, 0.1) is 10.0 Å². The van der Waals surface area contributed by atoms with E-state index in [9.17, 15) is 4.79 Å². The van der Waals surface area contributed by atoms with Crippen molar-refractivity contribution in [3.05, 3.63) is 58.1 Å². The highest BCUT2D eigenvalue weighted by molar-refractivity contribution is 6.42. The Balaban J connectivity index is 1.81. The van der Waals surface area contributed by atoms with E-state index < -0.39 is 0 Å². The molecule has 22 heavy (non-hydrogen) atoms. The van der Waals surface area contributed by atoms with Crippen LogP contribution in [0.3, 0.4) is 0 Å². The summed E-state index contributed by atoms with van der Waals surface area (Å²) < 4.78 is 0. The van der Waals surface area contributed by atoms with Crippen LogP contribution in [0.25, 0.3) is 0 Å². The number of benzene rings is 1. The quantitative estimate of drug-likeness (QED) is 0.566. The third-order valence-electron chi connectivity index (χ3n) is 3.93. The molecule has 0 bridgehead atoms. The molecule has 1 amide bonds. The summed E-state index contributed by atoms with van der Waals surface area (Å²) in [6.07, 6.45) is 9.49. The summed E-state index contributed by atoms with van der Waals surface area (Å²) in [5, 5.41) is 4.09. The molecular weight excluding hydrogens is 317 g/mol. The first kappa shape index (κ1) is 17.1. The van der Waals surface area contributed by atoms with E-state index in [4.69, 9.17) is 23.2 Å². The Morgan fingerprint density at radius 1 is 1.36 bits per heavy atom. The van der Waals surface area contributed by atoms with Gasteiger partial charge in [-0.2, -0.15) is 0 Å². The average Bonchev–Trinajstić information content (AvgIpc) is 3.26. The zero-order valence-corrected chi connectivity index (χ0v) is 14.4. The van der Waals surface area contributed by atoms with Crippen molar-refractivity contribution in [1.82, 2.24) is 5.32 Å². The predicted octanol–water partition coefficient (Wildman–Crippen LogP) is 5.12. The smallest absolute Gasteiger partial charge is 0.244 e. The van der Waals surface area contributed by atoms with E-state index in [0.29, 0.717) is 21.9 Å². The van der Waals surface area contributed by atoms with E-state index >= 15 is 0 Å². The molecule has 1 aromatic carbocycles. The third-order valence-corrected chi connectivity index (χ3v) is 4.67. The zero-order chi connectivity index (χ0) is 16.1. The molecule has 1 fully saturated rings. The maximum absolute atomic E-state index is 11.6. The highest BCUT2D eigenvalue weighted by Crippen LogP contribution is 2.49. The maximum Gasteiger partial charge on any atom is 0.244 e. The highest BCUT2D eigenvalue weighted by atomic mass is 35.5. The Kier molecular flexibility index (Phi) is 6.10. The summed E-state index contributed by atoms with van der Waals surface area (Å²) in [5.74, 6) is 0.976. The van der Waals surface area contributed by atoms with Gasteiger partial charge in [-0.3, -0.25) is 4.79 Å². The minimum atomic E-state index is -0.0455. The topological polar surface area (TPSA) is 29.1 Å².